The van der Waals surface area contributed by atoms with Gasteiger partial charge in [0, 0.05) is 18.5 Å². The maximum absolute atomic E-state index is 12.9. The molecule has 8 heteroatoms. The lowest BCUT2D eigenvalue weighted by atomic mass is 9.80. The number of nitrogens with two attached hydrogens (primary N) is 2. The molecule has 1 rings (SSSR count). The lowest BCUT2D eigenvalue weighted by Gasteiger charge is -2.30. The van der Waals surface area contributed by atoms with Crippen molar-refractivity contribution in [3.05, 3.63) is 23.8 Å². The van der Waals surface area contributed by atoms with Gasteiger partial charge in [0.25, 0.3) is 0 Å². The molecule has 0 aliphatic heterocycles. The number of hydrogen-bond acceptors (Lipinski definition) is 6. The number of benzene rings is 1. The normalized spacial score (nSPS) is 14.8. The largest absolute Gasteiger partial charge is 0.493 e. The van der Waals surface area contributed by atoms with Gasteiger partial charge in [-0.05, 0) is 75.0 Å². The number of aliphatic hydroxyl groups excluding tert-OH is 1. The van der Waals surface area contributed by atoms with Gasteiger partial charge in [-0.1, -0.05) is 48.1 Å². The van der Waals surface area contributed by atoms with Crippen LogP contribution in [0.1, 0.15) is 80.7 Å². The number of carbonyl (C=O) groups excluding carboxylic acids is 2. The predicted molar refractivity (Wildman–Crippen MR) is 155 cm³/mol. The Bertz CT molecular complexity index is 856. The Morgan fingerprint density at radius 1 is 1.08 bits per heavy atom. The third-order valence-electron chi connectivity index (χ3n) is 7.21. The van der Waals surface area contributed by atoms with Gasteiger partial charge in [-0.25, -0.2) is 0 Å². The van der Waals surface area contributed by atoms with E-state index >= 15 is 0 Å². The minimum atomic E-state index is -0.848. The fourth-order valence-corrected chi connectivity index (χ4v) is 4.22. The Morgan fingerprint density at radius 3 is 2.21 bits per heavy atom. The zero-order valence-electron chi connectivity index (χ0n) is 24.2. The maximum Gasteiger partial charge on any atom is 0.224 e. The molecule has 0 aliphatic carbocycles. The molecule has 0 saturated carbocycles. The summed E-state index contributed by atoms with van der Waals surface area (Å²) in [6.07, 6.45) is 1.75. The molecule has 220 valence electrons. The molecule has 0 aliphatic rings. The number of carbonyl (C=O) groups is 2. The third-order valence-corrected chi connectivity index (χ3v) is 7.21. The van der Waals surface area contributed by atoms with E-state index in [4.69, 9.17) is 20.9 Å². The van der Waals surface area contributed by atoms with Crippen LogP contribution in [0.4, 0.5) is 0 Å². The zero-order valence-corrected chi connectivity index (χ0v) is 24.2. The SMILES string of the molecule is C.CCCOc1cc(CC(CC(N)C(O)CC(C(=O)NCC(C)(C)C(N)=O)C(C)C)C(C)C)ccc1OC. The average molecular weight is 538 g/mol. The predicted octanol–water partition coefficient (Wildman–Crippen LogP) is 4.30. The van der Waals surface area contributed by atoms with Crippen molar-refractivity contribution in [1.82, 2.24) is 5.32 Å². The minimum absolute atomic E-state index is 0. The van der Waals surface area contributed by atoms with Gasteiger partial charge in [-0.15, -0.1) is 0 Å². The van der Waals surface area contributed by atoms with E-state index in [2.05, 4.69) is 26.1 Å². The highest BCUT2D eigenvalue weighted by atomic mass is 16.5. The average Bonchev–Trinajstić information content (AvgIpc) is 2.83. The lowest BCUT2D eigenvalue weighted by Crippen LogP contribution is -2.46. The highest BCUT2D eigenvalue weighted by Crippen LogP contribution is 2.31. The van der Waals surface area contributed by atoms with Crippen molar-refractivity contribution in [2.45, 2.75) is 93.7 Å². The number of amides is 2. The zero-order chi connectivity index (χ0) is 28.3. The molecule has 6 N–H and O–H groups in total. The Morgan fingerprint density at radius 2 is 1.71 bits per heavy atom. The van der Waals surface area contributed by atoms with Crippen LogP contribution in [0.2, 0.25) is 0 Å². The van der Waals surface area contributed by atoms with Gasteiger partial charge in [0.1, 0.15) is 0 Å². The summed E-state index contributed by atoms with van der Waals surface area (Å²) >= 11 is 0. The van der Waals surface area contributed by atoms with E-state index in [0.717, 1.165) is 24.2 Å². The van der Waals surface area contributed by atoms with Crippen LogP contribution in [-0.4, -0.2) is 49.3 Å². The number of ether oxygens (including phenoxy) is 2. The summed E-state index contributed by atoms with van der Waals surface area (Å²) in [7, 11) is 1.63. The summed E-state index contributed by atoms with van der Waals surface area (Å²) in [5.41, 5.74) is 12.2. The molecule has 2 amide bonds. The number of hydrogen-bond donors (Lipinski definition) is 4. The Kier molecular flexibility index (Phi) is 15.6. The first-order valence-corrected chi connectivity index (χ1v) is 13.5. The van der Waals surface area contributed by atoms with Gasteiger partial charge in [0.15, 0.2) is 11.5 Å². The van der Waals surface area contributed by atoms with Gasteiger partial charge in [0.05, 0.1) is 25.2 Å². The van der Waals surface area contributed by atoms with Crippen LogP contribution in [0.15, 0.2) is 18.2 Å². The molecule has 0 aromatic heterocycles. The van der Waals surface area contributed by atoms with Gasteiger partial charge in [0.2, 0.25) is 11.8 Å². The molecule has 38 heavy (non-hydrogen) atoms. The number of primary amides is 1. The van der Waals surface area contributed by atoms with E-state index in [9.17, 15) is 14.7 Å². The molecule has 4 atom stereocenters. The van der Waals surface area contributed by atoms with E-state index in [0.29, 0.717) is 24.7 Å². The molecule has 0 spiro atoms. The molecular weight excluding hydrogens is 482 g/mol. The van der Waals surface area contributed by atoms with E-state index in [-0.39, 0.29) is 38.1 Å². The van der Waals surface area contributed by atoms with E-state index < -0.39 is 29.4 Å². The molecule has 8 nitrogen and oxygen atoms in total. The fraction of sp³-hybridized carbons (Fsp3) is 0.733. The second-order valence-corrected chi connectivity index (χ2v) is 11.6. The maximum atomic E-state index is 12.9. The Labute approximate surface area is 231 Å². The summed E-state index contributed by atoms with van der Waals surface area (Å²) in [6, 6.07) is 5.52. The molecule has 0 radical (unpaired) electrons. The molecule has 1 aromatic carbocycles. The number of aliphatic hydroxyl groups is 1. The summed E-state index contributed by atoms with van der Waals surface area (Å²) in [5, 5.41) is 13.8. The Hall–Kier alpha value is -2.32. The summed E-state index contributed by atoms with van der Waals surface area (Å²) in [6.45, 7) is 14.4. The van der Waals surface area contributed by atoms with Gasteiger partial charge in [-0.3, -0.25) is 9.59 Å². The second kappa shape index (κ2) is 16.6. The fourth-order valence-electron chi connectivity index (χ4n) is 4.22. The molecular formula is C30H55N3O5. The molecule has 1 aromatic rings. The first-order valence-electron chi connectivity index (χ1n) is 13.5. The van der Waals surface area contributed by atoms with Crippen LogP contribution in [0.3, 0.4) is 0 Å². The van der Waals surface area contributed by atoms with Crippen LogP contribution >= 0.6 is 0 Å². The lowest BCUT2D eigenvalue weighted by molar-refractivity contribution is -0.130. The standard InChI is InChI=1S/C29H51N3O5.CH4/c1-9-12-37-26-14-20(10-11-25(26)36-8)13-21(18(2)3)15-23(30)24(33)16-22(19(4)5)27(34)32-17-29(6,7)28(31)35;/h10-11,14,18-19,21-24,33H,9,12-13,15-17,30H2,1-8H3,(H2,31,35)(H,32,34);1H4. The van der Waals surface area contributed by atoms with Crippen molar-refractivity contribution >= 4 is 11.8 Å². The summed E-state index contributed by atoms with van der Waals surface area (Å²) in [5.74, 6) is 0.926. The van der Waals surface area contributed by atoms with Crippen molar-refractivity contribution in [3.8, 4) is 11.5 Å². The summed E-state index contributed by atoms with van der Waals surface area (Å²) in [4.78, 5) is 24.5. The topological polar surface area (TPSA) is 137 Å². The van der Waals surface area contributed by atoms with Crippen molar-refractivity contribution < 1.29 is 24.2 Å². The first-order chi connectivity index (χ1) is 17.2. The van der Waals surface area contributed by atoms with Gasteiger partial charge >= 0.3 is 0 Å². The summed E-state index contributed by atoms with van der Waals surface area (Å²) < 4.78 is 11.3. The van der Waals surface area contributed by atoms with Crippen molar-refractivity contribution in [2.75, 3.05) is 20.3 Å². The van der Waals surface area contributed by atoms with Crippen molar-refractivity contribution in [3.63, 3.8) is 0 Å². The Balaban J connectivity index is 0.0000137. The van der Waals surface area contributed by atoms with E-state index in [1.165, 1.54) is 0 Å². The van der Waals surface area contributed by atoms with Crippen LogP contribution in [0.5, 0.6) is 11.5 Å². The highest BCUT2D eigenvalue weighted by Gasteiger charge is 2.32. The van der Waals surface area contributed by atoms with Crippen molar-refractivity contribution in [2.24, 2.45) is 40.6 Å². The van der Waals surface area contributed by atoms with Crippen LogP contribution in [-0.2, 0) is 16.0 Å². The minimum Gasteiger partial charge on any atom is -0.493 e. The number of methoxy groups -OCH3 is 1. The second-order valence-electron chi connectivity index (χ2n) is 11.6. The monoisotopic (exact) mass is 537 g/mol. The first kappa shape index (κ1) is 35.7. The molecule has 4 unspecified atom stereocenters. The quantitative estimate of drug-likeness (QED) is 0.234. The van der Waals surface area contributed by atoms with Crippen LogP contribution in [0.25, 0.3) is 0 Å². The highest BCUT2D eigenvalue weighted by molar-refractivity contribution is 5.83. The smallest absolute Gasteiger partial charge is 0.224 e. The van der Waals surface area contributed by atoms with Crippen molar-refractivity contribution in [1.29, 1.82) is 0 Å². The molecule has 0 saturated heterocycles. The van der Waals surface area contributed by atoms with Gasteiger partial charge in [-0.2, -0.15) is 0 Å². The number of rotatable bonds is 17. The van der Waals surface area contributed by atoms with E-state index in [1.54, 1.807) is 21.0 Å². The van der Waals surface area contributed by atoms with Crippen LogP contribution < -0.4 is 26.3 Å². The molecule has 0 bridgehead atoms. The van der Waals surface area contributed by atoms with Crippen LogP contribution in [0, 0.1) is 29.1 Å². The van der Waals surface area contributed by atoms with E-state index in [1.807, 2.05) is 32.0 Å². The third kappa shape index (κ3) is 11.2. The van der Waals surface area contributed by atoms with Gasteiger partial charge < -0.3 is 31.4 Å². The molecule has 0 heterocycles. The number of nitrogens with one attached hydrogen (secondary N) is 1. The molecule has 0 fully saturated rings.